The van der Waals surface area contributed by atoms with Gasteiger partial charge in [0.1, 0.15) is 0 Å². The predicted molar refractivity (Wildman–Crippen MR) is 61.0 cm³/mol. The molecule has 4 nitrogen and oxygen atoms in total. The van der Waals surface area contributed by atoms with Crippen molar-refractivity contribution in [2.75, 3.05) is 18.1 Å². The molecule has 5 heteroatoms. The van der Waals surface area contributed by atoms with Crippen molar-refractivity contribution in [3.8, 4) is 0 Å². The second-order valence-electron chi connectivity index (χ2n) is 4.99. The van der Waals surface area contributed by atoms with Crippen LogP contribution in [0.5, 0.6) is 0 Å². The van der Waals surface area contributed by atoms with Crippen LogP contribution in [0.4, 0.5) is 0 Å². The fraction of sp³-hybridized carbons (Fsp3) is 1.00. The zero-order chi connectivity index (χ0) is 11.6. The highest BCUT2D eigenvalue weighted by atomic mass is 32.2. The summed E-state index contributed by atoms with van der Waals surface area (Å²) >= 11 is 0. The van der Waals surface area contributed by atoms with Crippen LogP contribution in [0, 0.1) is 5.92 Å². The van der Waals surface area contributed by atoms with Crippen molar-refractivity contribution in [1.82, 2.24) is 0 Å². The van der Waals surface area contributed by atoms with Crippen molar-refractivity contribution in [3.05, 3.63) is 0 Å². The zero-order valence-electron chi connectivity index (χ0n) is 9.47. The first-order valence-corrected chi connectivity index (χ1v) is 7.88. The van der Waals surface area contributed by atoms with Crippen LogP contribution in [0.25, 0.3) is 0 Å². The standard InChI is InChI=1S/C11H20O4S/c12-7-9-1-3-10(4-2-9)15-11-5-6-16(13,14)8-11/h9-12H,1-8H2. The fourth-order valence-corrected chi connectivity index (χ4v) is 4.19. The summed E-state index contributed by atoms with van der Waals surface area (Å²) in [4.78, 5) is 0. The Morgan fingerprint density at radius 3 is 2.25 bits per heavy atom. The fourth-order valence-electron chi connectivity index (χ4n) is 2.59. The molecule has 0 spiro atoms. The molecule has 94 valence electrons. The summed E-state index contributed by atoms with van der Waals surface area (Å²) < 4.78 is 28.4. The molecule has 2 fully saturated rings. The lowest BCUT2D eigenvalue weighted by atomic mass is 9.88. The molecule has 1 aliphatic carbocycles. The topological polar surface area (TPSA) is 63.6 Å². The lowest BCUT2D eigenvalue weighted by Gasteiger charge is -2.29. The largest absolute Gasteiger partial charge is 0.396 e. The van der Waals surface area contributed by atoms with Gasteiger partial charge in [-0.3, -0.25) is 0 Å². The number of aliphatic hydroxyl groups excluding tert-OH is 1. The van der Waals surface area contributed by atoms with E-state index >= 15 is 0 Å². The maximum Gasteiger partial charge on any atom is 0.152 e. The number of rotatable bonds is 3. The van der Waals surface area contributed by atoms with Gasteiger partial charge in [-0.2, -0.15) is 0 Å². The van der Waals surface area contributed by atoms with Crippen molar-refractivity contribution in [2.24, 2.45) is 5.92 Å². The van der Waals surface area contributed by atoms with Crippen LogP contribution >= 0.6 is 0 Å². The van der Waals surface area contributed by atoms with E-state index in [9.17, 15) is 8.42 Å². The third kappa shape index (κ3) is 3.18. The molecule has 0 bridgehead atoms. The highest BCUT2D eigenvalue weighted by Crippen LogP contribution is 2.28. The van der Waals surface area contributed by atoms with Gasteiger partial charge in [0, 0.05) is 6.61 Å². The molecular formula is C11H20O4S. The van der Waals surface area contributed by atoms with Gasteiger partial charge in [0.2, 0.25) is 0 Å². The molecule has 16 heavy (non-hydrogen) atoms. The molecular weight excluding hydrogens is 228 g/mol. The minimum Gasteiger partial charge on any atom is -0.396 e. The Morgan fingerprint density at radius 2 is 1.75 bits per heavy atom. The maximum absolute atomic E-state index is 11.3. The Kier molecular flexibility index (Phi) is 3.87. The number of hydrogen-bond acceptors (Lipinski definition) is 4. The molecule has 0 aromatic heterocycles. The molecule has 2 aliphatic rings. The SMILES string of the molecule is O=S1(=O)CCC(OC2CCC(CO)CC2)C1. The van der Waals surface area contributed by atoms with E-state index in [1.165, 1.54) is 0 Å². The van der Waals surface area contributed by atoms with E-state index in [4.69, 9.17) is 9.84 Å². The Morgan fingerprint density at radius 1 is 1.06 bits per heavy atom. The highest BCUT2D eigenvalue weighted by molar-refractivity contribution is 7.91. The van der Waals surface area contributed by atoms with Gasteiger partial charge in [0.05, 0.1) is 23.7 Å². The summed E-state index contributed by atoms with van der Waals surface area (Å²) in [6.07, 6.45) is 4.70. The molecule has 1 N–H and O–H groups in total. The summed E-state index contributed by atoms with van der Waals surface area (Å²) in [6, 6.07) is 0. The highest BCUT2D eigenvalue weighted by Gasteiger charge is 2.31. The second kappa shape index (κ2) is 5.02. The van der Waals surface area contributed by atoms with Crippen LogP contribution in [0.15, 0.2) is 0 Å². The van der Waals surface area contributed by atoms with Crippen molar-refractivity contribution in [2.45, 2.75) is 44.3 Å². The third-order valence-electron chi connectivity index (χ3n) is 3.63. The molecule has 0 radical (unpaired) electrons. The Balaban J connectivity index is 1.75. The monoisotopic (exact) mass is 248 g/mol. The van der Waals surface area contributed by atoms with Gasteiger partial charge in [0.15, 0.2) is 9.84 Å². The van der Waals surface area contributed by atoms with Gasteiger partial charge in [-0.05, 0) is 38.0 Å². The first-order valence-electron chi connectivity index (χ1n) is 6.06. The van der Waals surface area contributed by atoms with E-state index in [0.29, 0.717) is 12.3 Å². The summed E-state index contributed by atoms with van der Waals surface area (Å²) in [7, 11) is -2.83. The van der Waals surface area contributed by atoms with Crippen LogP contribution in [0.2, 0.25) is 0 Å². The minimum atomic E-state index is -2.83. The number of sulfone groups is 1. The van der Waals surface area contributed by atoms with Gasteiger partial charge in [-0.1, -0.05) is 0 Å². The van der Waals surface area contributed by atoms with E-state index in [0.717, 1.165) is 25.7 Å². The molecule has 0 amide bonds. The quantitative estimate of drug-likeness (QED) is 0.800. The lowest BCUT2D eigenvalue weighted by molar-refractivity contribution is -0.0283. The number of ether oxygens (including phenoxy) is 1. The average molecular weight is 248 g/mol. The van der Waals surface area contributed by atoms with E-state index in [2.05, 4.69) is 0 Å². The van der Waals surface area contributed by atoms with E-state index in [1.54, 1.807) is 0 Å². The molecule has 0 aromatic rings. The van der Waals surface area contributed by atoms with Crippen LogP contribution in [-0.2, 0) is 14.6 Å². The van der Waals surface area contributed by atoms with Crippen molar-refractivity contribution in [1.29, 1.82) is 0 Å². The molecule has 1 aliphatic heterocycles. The van der Waals surface area contributed by atoms with E-state index < -0.39 is 9.84 Å². The van der Waals surface area contributed by atoms with Crippen molar-refractivity contribution < 1.29 is 18.3 Å². The van der Waals surface area contributed by atoms with Crippen molar-refractivity contribution in [3.63, 3.8) is 0 Å². The van der Waals surface area contributed by atoms with E-state index in [-0.39, 0.29) is 30.3 Å². The zero-order valence-corrected chi connectivity index (χ0v) is 10.3. The summed E-state index contributed by atoms with van der Waals surface area (Å²) in [5, 5.41) is 9.01. The summed E-state index contributed by atoms with van der Waals surface area (Å²) in [6.45, 7) is 0.268. The number of hydrogen-bond donors (Lipinski definition) is 1. The first-order chi connectivity index (χ1) is 7.59. The second-order valence-corrected chi connectivity index (χ2v) is 7.22. The molecule has 1 saturated heterocycles. The number of aliphatic hydroxyl groups is 1. The van der Waals surface area contributed by atoms with Gasteiger partial charge >= 0.3 is 0 Å². The molecule has 1 unspecified atom stereocenters. The third-order valence-corrected chi connectivity index (χ3v) is 5.36. The summed E-state index contributed by atoms with van der Waals surface area (Å²) in [5.74, 6) is 0.906. The van der Waals surface area contributed by atoms with Crippen LogP contribution in [-0.4, -0.2) is 43.8 Å². The van der Waals surface area contributed by atoms with Gasteiger partial charge < -0.3 is 9.84 Å². The Bertz CT molecular complexity index is 317. The summed E-state index contributed by atoms with van der Waals surface area (Å²) in [5.41, 5.74) is 0. The normalized spacial score (nSPS) is 38.7. The molecule has 1 heterocycles. The molecule has 2 rings (SSSR count). The van der Waals surface area contributed by atoms with Gasteiger partial charge in [-0.25, -0.2) is 8.42 Å². The van der Waals surface area contributed by atoms with Crippen molar-refractivity contribution >= 4 is 9.84 Å². The minimum absolute atomic E-state index is 0.0827. The van der Waals surface area contributed by atoms with Gasteiger partial charge in [0.25, 0.3) is 0 Å². The Hall–Kier alpha value is -0.130. The van der Waals surface area contributed by atoms with Crippen LogP contribution in [0.3, 0.4) is 0 Å². The Labute approximate surface area is 96.9 Å². The lowest BCUT2D eigenvalue weighted by Crippen LogP contribution is -2.28. The van der Waals surface area contributed by atoms with Gasteiger partial charge in [-0.15, -0.1) is 0 Å². The van der Waals surface area contributed by atoms with E-state index in [1.807, 2.05) is 0 Å². The maximum atomic E-state index is 11.3. The average Bonchev–Trinajstić information content (AvgIpc) is 2.59. The van der Waals surface area contributed by atoms with Crippen LogP contribution in [0.1, 0.15) is 32.1 Å². The smallest absolute Gasteiger partial charge is 0.152 e. The molecule has 0 aromatic carbocycles. The predicted octanol–water partition coefficient (Wildman–Crippen LogP) is 0.741. The first kappa shape index (κ1) is 12.3. The van der Waals surface area contributed by atoms with Crippen LogP contribution < -0.4 is 0 Å². The molecule has 1 saturated carbocycles. The molecule has 1 atom stereocenters.